The highest BCUT2D eigenvalue weighted by Crippen LogP contribution is 2.47. The number of hydrogen-bond acceptors (Lipinski definition) is 8. The quantitative estimate of drug-likeness (QED) is 0.122. The predicted octanol–water partition coefficient (Wildman–Crippen LogP) is 5.57. The van der Waals surface area contributed by atoms with Crippen molar-refractivity contribution < 1.29 is 38.1 Å². The zero-order valence-electron chi connectivity index (χ0n) is 23.8. The normalized spacial score (nSPS) is 12.1. The lowest BCUT2D eigenvalue weighted by Crippen LogP contribution is -2.45. The van der Waals surface area contributed by atoms with Gasteiger partial charge in [0.2, 0.25) is 0 Å². The molecule has 0 spiro atoms. The van der Waals surface area contributed by atoms with Gasteiger partial charge in [0.1, 0.15) is 23.3 Å². The fourth-order valence-electron chi connectivity index (χ4n) is 5.06. The highest BCUT2D eigenvalue weighted by Gasteiger charge is 2.34. The third-order valence-electron chi connectivity index (χ3n) is 7.31. The minimum absolute atomic E-state index is 0.0815. The molecule has 2 amide bonds. The van der Waals surface area contributed by atoms with Crippen molar-refractivity contribution in [2.45, 2.75) is 17.4 Å². The number of aliphatic carboxylic acids is 1. The topological polar surface area (TPSA) is 166 Å². The maximum atomic E-state index is 14.3. The Morgan fingerprint density at radius 1 is 0.911 bits per heavy atom. The Morgan fingerprint density at radius 3 is 2.20 bits per heavy atom. The molecule has 232 valence electrons. The van der Waals surface area contributed by atoms with Crippen molar-refractivity contribution in [3.63, 3.8) is 0 Å². The second kappa shape index (κ2) is 12.9. The standard InChI is InChI=1S/C32H28ClN3O8S/c1-44-20-11-13-21(14-12-20)45(42,43)36(32(41)34-17-16-26(35-33)31(39)40)27-18-25(30(38)24-9-5-4-8-23(24)27)29-22-7-3-2-6-19(22)10-15-28(29)37/h2-15,18,26,35,37-38H,16-17H2,1H3,(H,34,41)(H,39,40)/t26-/m0/s1. The molecule has 0 saturated heterocycles. The number of phenols is 2. The van der Waals surface area contributed by atoms with Gasteiger partial charge in [-0.05, 0) is 65.4 Å². The summed E-state index contributed by atoms with van der Waals surface area (Å²) in [7, 11) is -3.22. The molecule has 0 heterocycles. The van der Waals surface area contributed by atoms with Crippen molar-refractivity contribution in [2.24, 2.45) is 0 Å². The molecular formula is C32H28ClN3O8S. The summed E-state index contributed by atoms with van der Waals surface area (Å²) in [5.41, 5.74) is 0.194. The Hall–Kier alpha value is -5.04. The summed E-state index contributed by atoms with van der Waals surface area (Å²) in [5, 5.41) is 36.1. The number of nitrogens with zero attached hydrogens (tertiary/aromatic N) is 1. The fourth-order valence-corrected chi connectivity index (χ4v) is 6.65. The maximum Gasteiger partial charge on any atom is 0.336 e. The van der Waals surface area contributed by atoms with E-state index >= 15 is 0 Å². The van der Waals surface area contributed by atoms with Crippen LogP contribution < -0.4 is 19.2 Å². The number of hydrogen-bond donors (Lipinski definition) is 5. The number of ether oxygens (including phenoxy) is 1. The van der Waals surface area contributed by atoms with Gasteiger partial charge in [-0.15, -0.1) is 0 Å². The number of methoxy groups -OCH3 is 1. The number of sulfonamides is 1. The first-order chi connectivity index (χ1) is 21.6. The molecular weight excluding hydrogens is 622 g/mol. The number of urea groups is 1. The second-order valence-electron chi connectivity index (χ2n) is 9.98. The molecule has 0 bridgehead atoms. The maximum absolute atomic E-state index is 14.3. The lowest BCUT2D eigenvalue weighted by Gasteiger charge is -2.26. The molecule has 5 N–H and O–H groups in total. The van der Waals surface area contributed by atoms with E-state index in [1.54, 1.807) is 42.5 Å². The first-order valence-corrected chi connectivity index (χ1v) is 15.4. The molecule has 5 aromatic rings. The Balaban J connectivity index is 1.75. The number of carboxylic acids is 1. The molecule has 0 aliphatic carbocycles. The van der Waals surface area contributed by atoms with E-state index in [2.05, 4.69) is 10.2 Å². The molecule has 0 aromatic heterocycles. The highest BCUT2D eigenvalue weighted by atomic mass is 35.5. The second-order valence-corrected chi connectivity index (χ2v) is 12.0. The zero-order chi connectivity index (χ0) is 32.3. The molecule has 0 aliphatic rings. The van der Waals surface area contributed by atoms with Gasteiger partial charge in [0.25, 0.3) is 10.0 Å². The molecule has 1 atom stereocenters. The van der Waals surface area contributed by atoms with Crippen LogP contribution in [0.1, 0.15) is 6.42 Å². The molecule has 0 unspecified atom stereocenters. The van der Waals surface area contributed by atoms with Crippen LogP contribution in [0.15, 0.2) is 95.9 Å². The van der Waals surface area contributed by atoms with Crippen molar-refractivity contribution in [1.29, 1.82) is 0 Å². The van der Waals surface area contributed by atoms with E-state index in [9.17, 15) is 33.3 Å². The van der Waals surface area contributed by atoms with Gasteiger partial charge in [-0.1, -0.05) is 54.6 Å². The van der Waals surface area contributed by atoms with Crippen LogP contribution in [0.2, 0.25) is 0 Å². The molecule has 0 saturated carbocycles. The number of carbonyl (C=O) groups excluding carboxylic acids is 1. The molecule has 0 radical (unpaired) electrons. The van der Waals surface area contributed by atoms with Crippen LogP contribution in [-0.4, -0.2) is 55.4 Å². The van der Waals surface area contributed by atoms with Crippen LogP contribution in [0.25, 0.3) is 32.7 Å². The SMILES string of the molecule is COc1ccc(S(=O)(=O)N(C(=O)NCC[C@H](NCl)C(=O)O)c2cc(-c3c(O)ccc4ccccc34)c(O)c3ccccc23)cc1. The lowest BCUT2D eigenvalue weighted by molar-refractivity contribution is -0.139. The van der Waals surface area contributed by atoms with Gasteiger partial charge >= 0.3 is 12.0 Å². The van der Waals surface area contributed by atoms with E-state index in [0.29, 0.717) is 15.4 Å². The Morgan fingerprint density at radius 2 is 1.56 bits per heavy atom. The number of phenolic OH excluding ortho intramolecular Hbond substituents is 2. The minimum Gasteiger partial charge on any atom is -0.507 e. The summed E-state index contributed by atoms with van der Waals surface area (Å²) in [5.74, 6) is -1.28. The number of fused-ring (bicyclic) bond motifs is 2. The van der Waals surface area contributed by atoms with Crippen LogP contribution in [-0.2, 0) is 14.8 Å². The van der Waals surface area contributed by atoms with Gasteiger partial charge < -0.3 is 25.4 Å². The Bertz CT molecular complexity index is 2020. The van der Waals surface area contributed by atoms with Crippen LogP contribution in [0.3, 0.4) is 0 Å². The molecule has 0 aliphatic heterocycles. The third kappa shape index (κ3) is 6.03. The highest BCUT2D eigenvalue weighted by molar-refractivity contribution is 7.93. The first kappa shape index (κ1) is 31.4. The van der Waals surface area contributed by atoms with E-state index in [1.165, 1.54) is 43.5 Å². The average molecular weight is 650 g/mol. The van der Waals surface area contributed by atoms with Crippen molar-refractivity contribution in [3.8, 4) is 28.4 Å². The number of benzene rings is 5. The van der Waals surface area contributed by atoms with E-state index in [0.717, 1.165) is 5.39 Å². The van der Waals surface area contributed by atoms with Gasteiger partial charge in [0, 0.05) is 28.4 Å². The minimum atomic E-state index is -4.64. The number of nitrogens with one attached hydrogen (secondary N) is 2. The van der Waals surface area contributed by atoms with Crippen LogP contribution in [0.4, 0.5) is 10.5 Å². The third-order valence-corrected chi connectivity index (χ3v) is 9.29. The first-order valence-electron chi connectivity index (χ1n) is 13.6. The molecule has 0 fully saturated rings. The number of rotatable bonds is 10. The Kier molecular flexibility index (Phi) is 9.00. The van der Waals surface area contributed by atoms with Gasteiger partial charge in [-0.25, -0.2) is 18.0 Å². The number of anilines is 1. The molecule has 45 heavy (non-hydrogen) atoms. The molecule has 5 aromatic carbocycles. The van der Waals surface area contributed by atoms with E-state index in [4.69, 9.17) is 16.5 Å². The van der Waals surface area contributed by atoms with Crippen LogP contribution >= 0.6 is 11.8 Å². The smallest absolute Gasteiger partial charge is 0.336 e. The Labute approximate surface area is 263 Å². The number of amides is 2. The number of carboxylic acid groups (broad SMARTS) is 1. The van der Waals surface area contributed by atoms with Gasteiger partial charge in [0.05, 0.1) is 17.7 Å². The summed E-state index contributed by atoms with van der Waals surface area (Å²) in [6.45, 7) is -0.253. The van der Waals surface area contributed by atoms with Gasteiger partial charge in [0.15, 0.2) is 0 Å². The van der Waals surface area contributed by atoms with Crippen molar-refractivity contribution >= 4 is 61.0 Å². The molecule has 13 heteroatoms. The lowest BCUT2D eigenvalue weighted by atomic mass is 9.93. The number of halogens is 1. The van der Waals surface area contributed by atoms with Crippen molar-refractivity contribution in [3.05, 3.63) is 91.0 Å². The largest absolute Gasteiger partial charge is 0.507 e. The monoisotopic (exact) mass is 649 g/mol. The fraction of sp³-hybridized carbons (Fsp3) is 0.125. The zero-order valence-corrected chi connectivity index (χ0v) is 25.3. The van der Waals surface area contributed by atoms with Gasteiger partial charge in [-0.3, -0.25) is 4.79 Å². The number of aromatic hydroxyl groups is 2. The molecule has 5 rings (SSSR count). The van der Waals surface area contributed by atoms with E-state index in [-0.39, 0.29) is 56.9 Å². The van der Waals surface area contributed by atoms with Crippen LogP contribution in [0.5, 0.6) is 17.2 Å². The molecule has 11 nitrogen and oxygen atoms in total. The summed E-state index contributed by atoms with van der Waals surface area (Å²) in [6, 6.07) is 21.2. The van der Waals surface area contributed by atoms with E-state index < -0.39 is 28.1 Å². The summed E-state index contributed by atoms with van der Waals surface area (Å²) in [4.78, 5) is 27.2. The predicted molar refractivity (Wildman–Crippen MR) is 171 cm³/mol. The van der Waals surface area contributed by atoms with E-state index in [1.807, 2.05) is 12.1 Å². The summed E-state index contributed by atoms with van der Waals surface area (Å²) < 4.78 is 34.3. The summed E-state index contributed by atoms with van der Waals surface area (Å²) >= 11 is 5.52. The van der Waals surface area contributed by atoms with Crippen molar-refractivity contribution in [2.75, 3.05) is 18.0 Å². The summed E-state index contributed by atoms with van der Waals surface area (Å²) in [6.07, 6.45) is -0.160. The van der Waals surface area contributed by atoms with Crippen LogP contribution in [0, 0.1) is 0 Å². The number of carbonyl (C=O) groups is 2. The van der Waals surface area contributed by atoms with Crippen molar-refractivity contribution in [1.82, 2.24) is 10.2 Å². The average Bonchev–Trinajstić information content (AvgIpc) is 3.04. The van der Waals surface area contributed by atoms with Gasteiger partial charge in [-0.2, -0.15) is 4.31 Å².